The van der Waals surface area contributed by atoms with Gasteiger partial charge in [0.1, 0.15) is 11.6 Å². The Labute approximate surface area is 123 Å². The Morgan fingerprint density at radius 3 is 2.67 bits per heavy atom. The van der Waals surface area contributed by atoms with Gasteiger partial charge in [0.05, 0.1) is 18.1 Å². The van der Waals surface area contributed by atoms with Gasteiger partial charge in [-0.2, -0.15) is 0 Å². The lowest BCUT2D eigenvalue weighted by molar-refractivity contribution is -0.121. The van der Waals surface area contributed by atoms with Crippen molar-refractivity contribution in [3.63, 3.8) is 0 Å². The number of hydrogen-bond donors (Lipinski definition) is 1. The molecular formula is C14H18FNO4S. The van der Waals surface area contributed by atoms with Crippen molar-refractivity contribution in [3.05, 3.63) is 30.1 Å². The summed E-state index contributed by atoms with van der Waals surface area (Å²) < 4.78 is 40.6. The summed E-state index contributed by atoms with van der Waals surface area (Å²) in [5, 5.41) is 2.72. The van der Waals surface area contributed by atoms with Gasteiger partial charge in [-0.15, -0.1) is 0 Å². The van der Waals surface area contributed by atoms with Gasteiger partial charge in [-0.1, -0.05) is 0 Å². The first-order valence-corrected chi connectivity index (χ1v) is 8.65. The van der Waals surface area contributed by atoms with Crippen LogP contribution < -0.4 is 10.1 Å². The molecule has 116 valence electrons. The molecule has 0 spiro atoms. The van der Waals surface area contributed by atoms with Crippen LogP contribution in [0.1, 0.15) is 19.3 Å². The van der Waals surface area contributed by atoms with Crippen molar-refractivity contribution in [2.24, 2.45) is 0 Å². The van der Waals surface area contributed by atoms with Crippen LogP contribution in [0.15, 0.2) is 24.3 Å². The molecule has 1 heterocycles. The van der Waals surface area contributed by atoms with Crippen LogP contribution in [0, 0.1) is 5.82 Å². The van der Waals surface area contributed by atoms with E-state index in [0.29, 0.717) is 25.2 Å². The number of ether oxygens (including phenoxy) is 1. The molecule has 0 radical (unpaired) electrons. The van der Waals surface area contributed by atoms with E-state index in [9.17, 15) is 17.6 Å². The number of benzene rings is 1. The second-order valence-electron chi connectivity index (χ2n) is 5.07. The number of halogens is 1. The highest BCUT2D eigenvalue weighted by Crippen LogP contribution is 2.13. The molecule has 1 fully saturated rings. The van der Waals surface area contributed by atoms with Gasteiger partial charge in [0.25, 0.3) is 0 Å². The minimum atomic E-state index is -2.98. The van der Waals surface area contributed by atoms with Crippen LogP contribution in [0.2, 0.25) is 0 Å². The fourth-order valence-electron chi connectivity index (χ4n) is 2.16. The van der Waals surface area contributed by atoms with E-state index in [-0.39, 0.29) is 35.7 Å². The quantitative estimate of drug-likeness (QED) is 0.803. The van der Waals surface area contributed by atoms with Crippen LogP contribution in [0.25, 0.3) is 0 Å². The van der Waals surface area contributed by atoms with Crippen LogP contribution >= 0.6 is 0 Å². The lowest BCUT2D eigenvalue weighted by Gasteiger charge is -2.11. The summed E-state index contributed by atoms with van der Waals surface area (Å²) >= 11 is 0. The summed E-state index contributed by atoms with van der Waals surface area (Å²) in [4.78, 5) is 11.7. The third-order valence-electron chi connectivity index (χ3n) is 3.23. The van der Waals surface area contributed by atoms with Gasteiger partial charge in [-0.25, -0.2) is 12.8 Å². The Morgan fingerprint density at radius 2 is 2.05 bits per heavy atom. The van der Waals surface area contributed by atoms with E-state index in [4.69, 9.17) is 4.74 Å². The van der Waals surface area contributed by atoms with Crippen molar-refractivity contribution in [1.29, 1.82) is 0 Å². The standard InChI is InChI=1S/C14H18FNO4S/c15-11-3-5-13(6-4-11)20-8-1-2-14(17)16-12-7-9-21(18,19)10-12/h3-6,12H,1-2,7-10H2,(H,16,17)/t12-/m0/s1. The van der Waals surface area contributed by atoms with E-state index >= 15 is 0 Å². The van der Waals surface area contributed by atoms with Gasteiger partial charge in [0.15, 0.2) is 9.84 Å². The number of carbonyl (C=O) groups excluding carboxylic acids is 1. The van der Waals surface area contributed by atoms with Crippen molar-refractivity contribution in [2.75, 3.05) is 18.1 Å². The summed E-state index contributed by atoms with van der Waals surface area (Å²) in [6.07, 6.45) is 1.28. The van der Waals surface area contributed by atoms with Gasteiger partial charge in [-0.3, -0.25) is 4.79 Å². The number of amides is 1. The minimum Gasteiger partial charge on any atom is -0.494 e. The van der Waals surface area contributed by atoms with E-state index in [1.54, 1.807) is 0 Å². The number of carbonyl (C=O) groups is 1. The monoisotopic (exact) mass is 315 g/mol. The molecule has 7 heteroatoms. The van der Waals surface area contributed by atoms with Crippen LogP contribution in [0.4, 0.5) is 4.39 Å². The second-order valence-corrected chi connectivity index (χ2v) is 7.30. The molecule has 2 rings (SSSR count). The van der Waals surface area contributed by atoms with Gasteiger partial charge >= 0.3 is 0 Å². The maximum absolute atomic E-state index is 12.7. The van der Waals surface area contributed by atoms with E-state index in [1.807, 2.05) is 0 Å². The van der Waals surface area contributed by atoms with Crippen LogP contribution in [0.5, 0.6) is 5.75 Å². The summed E-state index contributed by atoms with van der Waals surface area (Å²) in [6.45, 7) is 0.349. The fraction of sp³-hybridized carbons (Fsp3) is 0.500. The molecule has 1 aromatic carbocycles. The van der Waals surface area contributed by atoms with Crippen molar-refractivity contribution in [2.45, 2.75) is 25.3 Å². The van der Waals surface area contributed by atoms with E-state index in [0.717, 1.165) is 0 Å². The molecule has 0 aliphatic carbocycles. The highest BCUT2D eigenvalue weighted by Gasteiger charge is 2.28. The topological polar surface area (TPSA) is 72.5 Å². The molecule has 1 atom stereocenters. The van der Waals surface area contributed by atoms with Crippen LogP contribution in [-0.2, 0) is 14.6 Å². The van der Waals surface area contributed by atoms with Gasteiger partial charge in [0.2, 0.25) is 5.91 Å². The molecule has 5 nitrogen and oxygen atoms in total. The summed E-state index contributed by atoms with van der Waals surface area (Å²) in [6, 6.07) is 5.41. The lowest BCUT2D eigenvalue weighted by atomic mass is 10.2. The van der Waals surface area contributed by atoms with E-state index < -0.39 is 9.84 Å². The number of nitrogens with one attached hydrogen (secondary N) is 1. The van der Waals surface area contributed by atoms with Crippen molar-refractivity contribution >= 4 is 15.7 Å². The molecule has 0 saturated carbocycles. The first kappa shape index (κ1) is 15.8. The number of hydrogen-bond acceptors (Lipinski definition) is 4. The van der Waals surface area contributed by atoms with Gasteiger partial charge in [0, 0.05) is 12.5 Å². The van der Waals surface area contributed by atoms with Crippen molar-refractivity contribution < 1.29 is 22.3 Å². The summed E-state index contributed by atoms with van der Waals surface area (Å²) in [5.41, 5.74) is 0. The minimum absolute atomic E-state index is 0.0326. The predicted octanol–water partition coefficient (Wildman–Crippen LogP) is 1.29. The number of rotatable bonds is 6. The molecule has 0 bridgehead atoms. The SMILES string of the molecule is O=C(CCCOc1ccc(F)cc1)N[C@H]1CCS(=O)(=O)C1. The normalized spacial score (nSPS) is 20.1. The average Bonchev–Trinajstić information content (AvgIpc) is 2.76. The molecule has 1 N–H and O–H groups in total. The second kappa shape index (κ2) is 6.89. The Morgan fingerprint density at radius 1 is 1.33 bits per heavy atom. The smallest absolute Gasteiger partial charge is 0.220 e. The van der Waals surface area contributed by atoms with Crippen molar-refractivity contribution in [3.8, 4) is 5.75 Å². The predicted molar refractivity (Wildman–Crippen MR) is 76.3 cm³/mol. The Hall–Kier alpha value is -1.63. The highest BCUT2D eigenvalue weighted by atomic mass is 32.2. The Kier molecular flexibility index (Phi) is 5.17. The zero-order valence-corrected chi connectivity index (χ0v) is 12.4. The molecule has 1 amide bonds. The first-order valence-electron chi connectivity index (χ1n) is 6.83. The van der Waals surface area contributed by atoms with Crippen molar-refractivity contribution in [1.82, 2.24) is 5.32 Å². The lowest BCUT2D eigenvalue weighted by Crippen LogP contribution is -2.35. The first-order chi connectivity index (χ1) is 9.94. The Bertz CT molecular complexity index is 585. The largest absolute Gasteiger partial charge is 0.494 e. The van der Waals surface area contributed by atoms with E-state index in [2.05, 4.69) is 5.32 Å². The molecule has 1 saturated heterocycles. The maximum atomic E-state index is 12.7. The highest BCUT2D eigenvalue weighted by molar-refractivity contribution is 7.91. The zero-order valence-electron chi connectivity index (χ0n) is 11.5. The summed E-state index contributed by atoms with van der Waals surface area (Å²) in [7, 11) is -2.98. The van der Waals surface area contributed by atoms with E-state index in [1.165, 1.54) is 24.3 Å². The average molecular weight is 315 g/mol. The maximum Gasteiger partial charge on any atom is 0.220 e. The molecule has 1 aliphatic heterocycles. The molecule has 0 aromatic heterocycles. The fourth-order valence-corrected chi connectivity index (χ4v) is 3.84. The van der Waals surface area contributed by atoms with Gasteiger partial charge in [-0.05, 0) is 37.1 Å². The third-order valence-corrected chi connectivity index (χ3v) is 5.00. The molecule has 0 unspecified atom stereocenters. The molecular weight excluding hydrogens is 297 g/mol. The number of sulfone groups is 1. The van der Waals surface area contributed by atoms with Gasteiger partial charge < -0.3 is 10.1 Å². The molecule has 21 heavy (non-hydrogen) atoms. The van der Waals surface area contributed by atoms with Crippen LogP contribution in [0.3, 0.4) is 0 Å². The summed E-state index contributed by atoms with van der Waals surface area (Å²) in [5.74, 6) is 0.239. The molecule has 1 aromatic rings. The Balaban J connectivity index is 1.62. The van der Waals surface area contributed by atoms with Crippen LogP contribution in [-0.4, -0.2) is 38.5 Å². The zero-order chi connectivity index (χ0) is 15.3. The third kappa shape index (κ3) is 5.34. The molecule has 1 aliphatic rings.